The number of anilines is 3. The van der Waals surface area contributed by atoms with Crippen molar-refractivity contribution in [2.45, 2.75) is 83.2 Å². The first-order valence-corrected chi connectivity index (χ1v) is 13.4. The first-order chi connectivity index (χ1) is 18.0. The first kappa shape index (κ1) is 26.4. The minimum Gasteiger partial charge on any atom is -0.494 e. The van der Waals surface area contributed by atoms with Crippen molar-refractivity contribution in [1.29, 1.82) is 0 Å². The lowest BCUT2D eigenvalue weighted by molar-refractivity contribution is 0.100. The highest BCUT2D eigenvalue weighted by Crippen LogP contribution is 2.40. The molecule has 3 aromatic rings. The van der Waals surface area contributed by atoms with Crippen LogP contribution in [-0.2, 0) is 6.54 Å². The van der Waals surface area contributed by atoms with Crippen molar-refractivity contribution < 1.29 is 9.53 Å². The Labute approximate surface area is 219 Å². The molecule has 1 atom stereocenters. The van der Waals surface area contributed by atoms with E-state index in [1.54, 1.807) is 13.3 Å². The van der Waals surface area contributed by atoms with Gasteiger partial charge in [-0.05, 0) is 43.4 Å². The number of nitrogens with zero attached hydrogens (tertiary/aromatic N) is 4. The summed E-state index contributed by atoms with van der Waals surface area (Å²) in [6.07, 6.45) is 16.5. The standard InChI is InChI=1S/C28H39N7O2/c1-20(19-35-17-11-16-31-35)32-28-30-18-23(26(29)36)27(34-28)33-24-15-10-14-22(25(24)37-2)21-12-8-6-4-3-5-7-9-13-21/h10-11,14-18,20-21H,3-9,12-13,19H2,1-2H3,(H2,29,36)(H2,30,32,33,34). The van der Waals surface area contributed by atoms with Crippen LogP contribution in [0.5, 0.6) is 5.75 Å². The maximum atomic E-state index is 12.2. The molecule has 1 amide bonds. The Bertz CT molecular complexity index is 1140. The normalized spacial score (nSPS) is 16.1. The smallest absolute Gasteiger partial charge is 0.254 e. The number of primary amides is 1. The number of carbonyl (C=O) groups excluding carboxylic acids is 1. The van der Waals surface area contributed by atoms with Crippen molar-refractivity contribution in [3.8, 4) is 5.75 Å². The second kappa shape index (κ2) is 13.1. The van der Waals surface area contributed by atoms with E-state index in [1.807, 2.05) is 36.0 Å². The molecule has 0 spiro atoms. The van der Waals surface area contributed by atoms with Crippen molar-refractivity contribution in [3.63, 3.8) is 0 Å². The molecule has 0 radical (unpaired) electrons. The molecule has 1 saturated carbocycles. The van der Waals surface area contributed by atoms with E-state index in [1.165, 1.54) is 56.7 Å². The van der Waals surface area contributed by atoms with Crippen molar-refractivity contribution in [2.75, 3.05) is 17.7 Å². The van der Waals surface area contributed by atoms with E-state index < -0.39 is 5.91 Å². The maximum absolute atomic E-state index is 12.2. The largest absolute Gasteiger partial charge is 0.494 e. The topological polar surface area (TPSA) is 120 Å². The molecule has 1 fully saturated rings. The quantitative estimate of drug-likeness (QED) is 0.344. The van der Waals surface area contributed by atoms with Gasteiger partial charge in [0.05, 0.1) is 19.3 Å². The molecule has 0 bridgehead atoms. The van der Waals surface area contributed by atoms with Gasteiger partial charge in [-0.25, -0.2) is 4.98 Å². The molecule has 4 rings (SSSR count). The highest BCUT2D eigenvalue weighted by atomic mass is 16.5. The summed E-state index contributed by atoms with van der Waals surface area (Å²) in [4.78, 5) is 21.1. The maximum Gasteiger partial charge on any atom is 0.254 e. The molecular weight excluding hydrogens is 466 g/mol. The molecule has 1 unspecified atom stereocenters. The van der Waals surface area contributed by atoms with Gasteiger partial charge in [-0.15, -0.1) is 0 Å². The number of rotatable bonds is 9. The van der Waals surface area contributed by atoms with Crippen molar-refractivity contribution >= 4 is 23.4 Å². The molecule has 0 saturated heterocycles. The number of ether oxygens (including phenoxy) is 1. The van der Waals surface area contributed by atoms with E-state index in [9.17, 15) is 4.79 Å². The lowest BCUT2D eigenvalue weighted by Crippen LogP contribution is -2.24. The molecule has 2 heterocycles. The molecule has 37 heavy (non-hydrogen) atoms. The molecule has 9 heteroatoms. The van der Waals surface area contributed by atoms with Crippen LogP contribution in [0.25, 0.3) is 0 Å². The van der Waals surface area contributed by atoms with Crippen LogP contribution in [0.15, 0.2) is 42.9 Å². The highest BCUT2D eigenvalue weighted by Gasteiger charge is 2.21. The fourth-order valence-electron chi connectivity index (χ4n) is 5.13. The lowest BCUT2D eigenvalue weighted by atomic mass is 9.86. The molecule has 1 aliphatic rings. The van der Waals surface area contributed by atoms with Gasteiger partial charge >= 0.3 is 0 Å². The van der Waals surface area contributed by atoms with Crippen molar-refractivity contribution in [3.05, 3.63) is 54.0 Å². The molecule has 1 aliphatic carbocycles. The summed E-state index contributed by atoms with van der Waals surface area (Å²) < 4.78 is 7.77. The number of nitrogens with two attached hydrogens (primary N) is 1. The van der Waals surface area contributed by atoms with Gasteiger partial charge in [0, 0.05) is 24.6 Å². The van der Waals surface area contributed by atoms with Crippen LogP contribution in [0, 0.1) is 0 Å². The first-order valence-electron chi connectivity index (χ1n) is 13.4. The predicted octanol–water partition coefficient (Wildman–Crippen LogP) is 5.63. The Morgan fingerprint density at radius 1 is 1.14 bits per heavy atom. The molecule has 9 nitrogen and oxygen atoms in total. The lowest BCUT2D eigenvalue weighted by Gasteiger charge is -2.23. The Hall–Kier alpha value is -3.62. The van der Waals surface area contributed by atoms with E-state index in [2.05, 4.69) is 31.8 Å². The van der Waals surface area contributed by atoms with E-state index in [-0.39, 0.29) is 11.6 Å². The third kappa shape index (κ3) is 7.21. The van der Waals surface area contributed by atoms with Gasteiger partial charge in [0.1, 0.15) is 17.1 Å². The summed E-state index contributed by atoms with van der Waals surface area (Å²) in [7, 11) is 1.70. The van der Waals surface area contributed by atoms with E-state index in [0.717, 1.165) is 24.3 Å². The van der Waals surface area contributed by atoms with E-state index >= 15 is 0 Å². The Kier molecular flexibility index (Phi) is 9.35. The number of hydrogen-bond donors (Lipinski definition) is 3. The Balaban J connectivity index is 1.58. The number of nitrogens with one attached hydrogen (secondary N) is 2. The summed E-state index contributed by atoms with van der Waals surface area (Å²) in [5.41, 5.74) is 7.84. The predicted molar refractivity (Wildman–Crippen MR) is 146 cm³/mol. The third-order valence-electron chi connectivity index (χ3n) is 7.00. The number of para-hydroxylation sites is 1. The van der Waals surface area contributed by atoms with Gasteiger partial charge in [-0.2, -0.15) is 10.1 Å². The summed E-state index contributed by atoms with van der Waals surface area (Å²) in [5.74, 6) is 1.38. The SMILES string of the molecule is COc1c(Nc2nc(NC(C)Cn3cccn3)ncc2C(N)=O)cccc1C1CCCCCCCCC1. The number of hydrogen-bond acceptors (Lipinski definition) is 7. The molecule has 198 valence electrons. The van der Waals surface area contributed by atoms with Crippen LogP contribution in [-0.4, -0.2) is 38.8 Å². The number of benzene rings is 1. The summed E-state index contributed by atoms with van der Waals surface area (Å²) >= 11 is 0. The zero-order valence-corrected chi connectivity index (χ0v) is 21.9. The third-order valence-corrected chi connectivity index (χ3v) is 7.00. The van der Waals surface area contributed by atoms with Crippen LogP contribution >= 0.6 is 0 Å². The fourth-order valence-corrected chi connectivity index (χ4v) is 5.13. The summed E-state index contributed by atoms with van der Waals surface area (Å²) in [6.45, 7) is 2.67. The van der Waals surface area contributed by atoms with Gasteiger partial charge in [0.15, 0.2) is 0 Å². The summed E-state index contributed by atoms with van der Waals surface area (Å²) in [6, 6.07) is 8.05. The average molecular weight is 506 g/mol. The molecular formula is C28H39N7O2. The van der Waals surface area contributed by atoms with Crippen molar-refractivity contribution in [1.82, 2.24) is 19.7 Å². The summed E-state index contributed by atoms with van der Waals surface area (Å²) in [5, 5.41) is 10.9. The highest BCUT2D eigenvalue weighted by molar-refractivity contribution is 5.98. The number of carbonyl (C=O) groups is 1. The van der Waals surface area contributed by atoms with Crippen LogP contribution in [0.1, 0.15) is 86.6 Å². The van der Waals surface area contributed by atoms with Gasteiger partial charge in [0.25, 0.3) is 5.91 Å². The minimum absolute atomic E-state index is 0.0117. The molecule has 2 aromatic heterocycles. The second-order valence-electron chi connectivity index (χ2n) is 9.90. The molecule has 1 aromatic carbocycles. The van der Waals surface area contributed by atoms with Gasteiger partial charge < -0.3 is 21.1 Å². The zero-order valence-electron chi connectivity index (χ0n) is 21.9. The monoisotopic (exact) mass is 505 g/mol. The Morgan fingerprint density at radius 2 is 1.86 bits per heavy atom. The van der Waals surface area contributed by atoms with Gasteiger partial charge in [-0.1, -0.05) is 57.1 Å². The van der Waals surface area contributed by atoms with Crippen LogP contribution in [0.4, 0.5) is 17.5 Å². The van der Waals surface area contributed by atoms with Crippen LogP contribution < -0.4 is 21.1 Å². The van der Waals surface area contributed by atoms with Gasteiger partial charge in [-0.3, -0.25) is 9.48 Å². The van der Waals surface area contributed by atoms with E-state index in [4.69, 9.17) is 10.5 Å². The average Bonchev–Trinajstić information content (AvgIpc) is 3.40. The van der Waals surface area contributed by atoms with Crippen LogP contribution in [0.3, 0.4) is 0 Å². The molecule has 0 aliphatic heterocycles. The van der Waals surface area contributed by atoms with Crippen LogP contribution in [0.2, 0.25) is 0 Å². The van der Waals surface area contributed by atoms with Gasteiger partial charge in [0.2, 0.25) is 5.95 Å². The van der Waals surface area contributed by atoms with E-state index in [0.29, 0.717) is 24.2 Å². The van der Waals surface area contributed by atoms with Crippen molar-refractivity contribution in [2.24, 2.45) is 5.73 Å². The minimum atomic E-state index is -0.596. The number of aromatic nitrogens is 4. The molecule has 4 N–H and O–H groups in total. The second-order valence-corrected chi connectivity index (χ2v) is 9.90. The number of amides is 1. The zero-order chi connectivity index (χ0) is 26.0. The fraction of sp³-hybridized carbons (Fsp3) is 0.500. The number of methoxy groups -OCH3 is 1. The Morgan fingerprint density at radius 3 is 2.51 bits per heavy atom.